The normalized spacial score (nSPS) is 9.83. The van der Waals surface area contributed by atoms with Gasteiger partial charge in [-0.05, 0) is 18.2 Å². The number of carbonyl (C=O) groups is 1. The van der Waals surface area contributed by atoms with Crippen molar-refractivity contribution >= 4 is 21.7 Å². The molecule has 1 aromatic rings. The monoisotopic (exact) mass is 230 g/mol. The van der Waals surface area contributed by atoms with Crippen LogP contribution >= 0.6 is 15.9 Å². The maximum atomic E-state index is 11.0. The molecule has 0 aliphatic heterocycles. The van der Waals surface area contributed by atoms with E-state index in [0.717, 1.165) is 0 Å². The molecule has 0 heterocycles. The van der Waals surface area contributed by atoms with Crippen LogP contribution in [0.1, 0.15) is 10.4 Å². The lowest BCUT2D eigenvalue weighted by molar-refractivity contribution is 0.0901. The molecule has 0 saturated heterocycles. The van der Waals surface area contributed by atoms with Gasteiger partial charge in [0.1, 0.15) is 12.4 Å². The van der Waals surface area contributed by atoms with Gasteiger partial charge in [0.15, 0.2) is 5.78 Å². The number of phenols is 1. The molecule has 0 saturated carbocycles. The van der Waals surface area contributed by atoms with Gasteiger partial charge in [-0.2, -0.15) is 0 Å². The third-order valence-corrected chi connectivity index (χ3v) is 1.90. The van der Waals surface area contributed by atoms with Crippen LogP contribution in [0.5, 0.6) is 5.75 Å². The molecule has 4 heteroatoms. The average molecular weight is 231 g/mol. The molecule has 1 rings (SSSR count). The first kappa shape index (κ1) is 9.22. The highest BCUT2D eigenvalue weighted by molar-refractivity contribution is 9.10. The largest absolute Gasteiger partial charge is 0.507 e. The number of aliphatic hydroxyl groups excluding tert-OH is 1. The van der Waals surface area contributed by atoms with Gasteiger partial charge in [0.05, 0.1) is 5.56 Å². The van der Waals surface area contributed by atoms with E-state index in [1.807, 2.05) is 0 Å². The van der Waals surface area contributed by atoms with Crippen molar-refractivity contribution in [3.8, 4) is 5.75 Å². The van der Waals surface area contributed by atoms with Crippen LogP contribution in [0.25, 0.3) is 0 Å². The quantitative estimate of drug-likeness (QED) is 0.755. The number of carbonyl (C=O) groups excluding carboxylic acids is 1. The zero-order valence-electron chi connectivity index (χ0n) is 6.12. The Hall–Kier alpha value is -0.870. The molecule has 0 fully saturated rings. The number of hydrogen-bond acceptors (Lipinski definition) is 3. The maximum Gasteiger partial charge on any atom is 0.191 e. The fraction of sp³-hybridized carbons (Fsp3) is 0.125. The van der Waals surface area contributed by atoms with Crippen LogP contribution in [0.3, 0.4) is 0 Å². The Morgan fingerprint density at radius 1 is 1.50 bits per heavy atom. The molecular formula is C8H7BrO3. The van der Waals surface area contributed by atoms with Crippen LogP contribution in [0, 0.1) is 0 Å². The SMILES string of the molecule is O=C(CO)c1cc(Br)ccc1O. The Morgan fingerprint density at radius 3 is 2.75 bits per heavy atom. The molecule has 12 heavy (non-hydrogen) atoms. The molecule has 2 N–H and O–H groups in total. The van der Waals surface area contributed by atoms with Gasteiger partial charge in [-0.3, -0.25) is 4.79 Å². The first-order valence-corrected chi connectivity index (χ1v) is 4.07. The van der Waals surface area contributed by atoms with Gasteiger partial charge in [-0.15, -0.1) is 0 Å². The van der Waals surface area contributed by atoms with Gasteiger partial charge in [0.2, 0.25) is 0 Å². The minimum absolute atomic E-state index is 0.114. The third kappa shape index (κ3) is 1.84. The summed E-state index contributed by atoms with van der Waals surface area (Å²) in [5, 5.41) is 17.7. The molecule has 0 radical (unpaired) electrons. The number of ketones is 1. The zero-order chi connectivity index (χ0) is 9.14. The summed E-state index contributed by atoms with van der Waals surface area (Å²) in [6.07, 6.45) is 0. The van der Waals surface area contributed by atoms with Crippen LogP contribution in [0.15, 0.2) is 22.7 Å². The predicted molar refractivity (Wildman–Crippen MR) is 47.2 cm³/mol. The number of benzene rings is 1. The summed E-state index contributed by atoms with van der Waals surface area (Å²) in [5.74, 6) is -0.606. The van der Waals surface area contributed by atoms with Gasteiger partial charge in [0.25, 0.3) is 0 Å². The van der Waals surface area contributed by atoms with Crippen LogP contribution in [0.4, 0.5) is 0 Å². The number of Topliss-reactive ketones (excluding diaryl/α,β-unsaturated/α-hetero) is 1. The number of halogens is 1. The fourth-order valence-electron chi connectivity index (χ4n) is 0.817. The van der Waals surface area contributed by atoms with Crippen molar-refractivity contribution in [3.63, 3.8) is 0 Å². The summed E-state index contributed by atoms with van der Waals surface area (Å²) in [4.78, 5) is 11.0. The van der Waals surface area contributed by atoms with Crippen molar-refractivity contribution in [1.29, 1.82) is 0 Å². The first-order chi connectivity index (χ1) is 5.65. The summed E-state index contributed by atoms with van der Waals surface area (Å²) in [7, 11) is 0. The van der Waals surface area contributed by atoms with E-state index < -0.39 is 12.4 Å². The third-order valence-electron chi connectivity index (χ3n) is 1.40. The van der Waals surface area contributed by atoms with E-state index >= 15 is 0 Å². The zero-order valence-corrected chi connectivity index (χ0v) is 7.71. The molecule has 0 amide bonds. The van der Waals surface area contributed by atoms with Crippen LogP contribution < -0.4 is 0 Å². The molecule has 1 aromatic carbocycles. The highest BCUT2D eigenvalue weighted by Gasteiger charge is 2.09. The van der Waals surface area contributed by atoms with E-state index in [2.05, 4.69) is 15.9 Å². The number of aromatic hydroxyl groups is 1. The Balaban J connectivity index is 3.13. The summed E-state index contributed by atoms with van der Waals surface area (Å²) in [5.41, 5.74) is 0.131. The number of rotatable bonds is 2. The van der Waals surface area contributed by atoms with Crippen molar-refractivity contribution < 1.29 is 15.0 Å². The van der Waals surface area contributed by atoms with E-state index in [0.29, 0.717) is 4.47 Å². The minimum Gasteiger partial charge on any atom is -0.507 e. The molecule has 0 atom stereocenters. The number of phenolic OH excluding ortho intramolecular Hbond substituents is 1. The van der Waals surface area contributed by atoms with E-state index in [4.69, 9.17) is 5.11 Å². The fourth-order valence-corrected chi connectivity index (χ4v) is 1.18. The topological polar surface area (TPSA) is 57.5 Å². The lowest BCUT2D eigenvalue weighted by Gasteiger charge is -2.01. The smallest absolute Gasteiger partial charge is 0.191 e. The summed E-state index contributed by atoms with van der Waals surface area (Å²) >= 11 is 3.15. The van der Waals surface area contributed by atoms with Gasteiger partial charge >= 0.3 is 0 Å². The van der Waals surface area contributed by atoms with Crippen molar-refractivity contribution in [1.82, 2.24) is 0 Å². The van der Waals surface area contributed by atoms with Crippen molar-refractivity contribution in [2.24, 2.45) is 0 Å². The lowest BCUT2D eigenvalue weighted by Crippen LogP contribution is -2.04. The standard InChI is InChI=1S/C8H7BrO3/c9-5-1-2-7(11)6(3-5)8(12)4-10/h1-3,10-11H,4H2. The van der Waals surface area contributed by atoms with Crippen molar-refractivity contribution in [2.75, 3.05) is 6.61 Å². The Kier molecular flexibility index (Phi) is 2.83. The van der Waals surface area contributed by atoms with Gasteiger partial charge < -0.3 is 10.2 Å². The molecule has 3 nitrogen and oxygen atoms in total. The molecule has 0 aliphatic rings. The predicted octanol–water partition coefficient (Wildman–Crippen LogP) is 1.33. The van der Waals surface area contributed by atoms with Crippen LogP contribution in [-0.4, -0.2) is 22.6 Å². The Labute approximate surface area is 77.8 Å². The van der Waals surface area contributed by atoms with E-state index in [9.17, 15) is 9.90 Å². The first-order valence-electron chi connectivity index (χ1n) is 3.27. The molecule has 64 valence electrons. The summed E-state index contributed by atoms with van der Waals surface area (Å²) in [6, 6.07) is 4.48. The van der Waals surface area contributed by atoms with E-state index in [1.54, 1.807) is 6.07 Å². The summed E-state index contributed by atoms with van der Waals surface area (Å²) in [6.45, 7) is -0.593. The minimum atomic E-state index is -0.593. The Morgan fingerprint density at radius 2 is 2.17 bits per heavy atom. The summed E-state index contributed by atoms with van der Waals surface area (Å²) < 4.78 is 0.692. The van der Waals surface area contributed by atoms with Crippen LogP contribution in [0.2, 0.25) is 0 Å². The van der Waals surface area contributed by atoms with Crippen LogP contribution in [-0.2, 0) is 0 Å². The van der Waals surface area contributed by atoms with Crippen molar-refractivity contribution in [3.05, 3.63) is 28.2 Å². The van der Waals surface area contributed by atoms with Gasteiger partial charge in [-0.25, -0.2) is 0 Å². The van der Waals surface area contributed by atoms with E-state index in [-0.39, 0.29) is 11.3 Å². The van der Waals surface area contributed by atoms with Gasteiger partial charge in [-0.1, -0.05) is 15.9 Å². The molecule has 0 spiro atoms. The molecule has 0 unspecified atom stereocenters. The average Bonchev–Trinajstić information content (AvgIpc) is 2.08. The second-order valence-corrected chi connectivity index (χ2v) is 3.16. The Bertz CT molecular complexity index is 309. The molecular weight excluding hydrogens is 224 g/mol. The second kappa shape index (κ2) is 3.69. The molecule has 0 aliphatic carbocycles. The number of hydrogen-bond donors (Lipinski definition) is 2. The lowest BCUT2D eigenvalue weighted by atomic mass is 10.1. The molecule has 0 aromatic heterocycles. The molecule has 0 bridgehead atoms. The highest BCUT2D eigenvalue weighted by atomic mass is 79.9. The van der Waals surface area contributed by atoms with Crippen molar-refractivity contribution in [2.45, 2.75) is 0 Å². The highest BCUT2D eigenvalue weighted by Crippen LogP contribution is 2.21. The maximum absolute atomic E-state index is 11.0. The second-order valence-electron chi connectivity index (χ2n) is 2.24. The van der Waals surface area contributed by atoms with E-state index in [1.165, 1.54) is 12.1 Å². The van der Waals surface area contributed by atoms with Gasteiger partial charge in [0, 0.05) is 4.47 Å². The number of aliphatic hydroxyl groups is 1.